The van der Waals surface area contributed by atoms with Crippen molar-refractivity contribution >= 4 is 5.97 Å². The second-order valence-electron chi connectivity index (χ2n) is 6.34. The Hall–Kier alpha value is -2.29. The molecule has 0 saturated heterocycles. The molecule has 1 aliphatic rings. The lowest BCUT2D eigenvalue weighted by molar-refractivity contribution is -0.137. The third-order valence-corrected chi connectivity index (χ3v) is 4.45. The van der Waals surface area contributed by atoms with Crippen molar-refractivity contribution in [2.24, 2.45) is 5.92 Å². The smallest absolute Gasteiger partial charge is 0.303 e. The second-order valence-corrected chi connectivity index (χ2v) is 6.34. The first-order chi connectivity index (χ1) is 11.1. The summed E-state index contributed by atoms with van der Waals surface area (Å²) >= 11 is 0. The summed E-state index contributed by atoms with van der Waals surface area (Å²) in [6.07, 6.45) is 2.50. The van der Waals surface area contributed by atoms with Gasteiger partial charge in [-0.2, -0.15) is 0 Å². The molecule has 0 aromatic heterocycles. The van der Waals surface area contributed by atoms with Crippen LogP contribution in [-0.2, 0) is 11.4 Å². The minimum absolute atomic E-state index is 0.134. The third kappa shape index (κ3) is 4.13. The Morgan fingerprint density at radius 2 is 1.96 bits per heavy atom. The number of aliphatic carboxylic acids is 1. The molecule has 23 heavy (non-hydrogen) atoms. The zero-order valence-electron chi connectivity index (χ0n) is 13.4. The molecule has 1 saturated carbocycles. The van der Waals surface area contributed by atoms with Crippen molar-refractivity contribution in [3.63, 3.8) is 0 Å². The Labute approximate surface area is 136 Å². The van der Waals surface area contributed by atoms with Crippen LogP contribution in [0.3, 0.4) is 0 Å². The van der Waals surface area contributed by atoms with Gasteiger partial charge >= 0.3 is 5.97 Å². The average molecular weight is 310 g/mol. The van der Waals surface area contributed by atoms with Crippen molar-refractivity contribution in [2.45, 2.75) is 38.7 Å². The molecular formula is C20H22O3. The van der Waals surface area contributed by atoms with Gasteiger partial charge in [-0.05, 0) is 54.4 Å². The maximum absolute atomic E-state index is 11.1. The highest BCUT2D eigenvalue weighted by Gasteiger charge is 2.33. The summed E-state index contributed by atoms with van der Waals surface area (Å²) in [7, 11) is 0. The fourth-order valence-electron chi connectivity index (χ4n) is 3.04. The van der Waals surface area contributed by atoms with Gasteiger partial charge in [-0.3, -0.25) is 4.79 Å². The normalized spacial score (nSPS) is 15.2. The molecule has 0 spiro atoms. The number of carboxylic acids is 1. The van der Waals surface area contributed by atoms with Crippen molar-refractivity contribution < 1.29 is 14.6 Å². The van der Waals surface area contributed by atoms with Crippen LogP contribution in [0.5, 0.6) is 5.75 Å². The van der Waals surface area contributed by atoms with Gasteiger partial charge in [0.1, 0.15) is 12.4 Å². The summed E-state index contributed by atoms with van der Waals surface area (Å²) in [4.78, 5) is 11.1. The lowest BCUT2D eigenvalue weighted by atomic mass is 9.90. The number of rotatable bonds is 7. The zero-order valence-corrected chi connectivity index (χ0v) is 13.4. The van der Waals surface area contributed by atoms with Gasteiger partial charge in [0.05, 0.1) is 6.42 Å². The number of carbonyl (C=O) groups is 1. The highest BCUT2D eigenvalue weighted by Crippen LogP contribution is 2.45. The molecule has 0 amide bonds. The maximum atomic E-state index is 11.1. The Morgan fingerprint density at radius 1 is 1.22 bits per heavy atom. The molecule has 0 bridgehead atoms. The van der Waals surface area contributed by atoms with Gasteiger partial charge in [-0.25, -0.2) is 0 Å². The van der Waals surface area contributed by atoms with E-state index in [1.165, 1.54) is 0 Å². The molecule has 0 aliphatic heterocycles. The lowest BCUT2D eigenvalue weighted by Gasteiger charge is -2.17. The summed E-state index contributed by atoms with van der Waals surface area (Å²) < 4.78 is 5.90. The van der Waals surface area contributed by atoms with Crippen molar-refractivity contribution in [3.05, 3.63) is 65.2 Å². The van der Waals surface area contributed by atoms with Crippen LogP contribution in [0.4, 0.5) is 0 Å². The van der Waals surface area contributed by atoms with Crippen molar-refractivity contribution in [3.8, 4) is 5.75 Å². The van der Waals surface area contributed by atoms with Crippen molar-refractivity contribution in [2.75, 3.05) is 0 Å². The topological polar surface area (TPSA) is 46.5 Å². The lowest BCUT2D eigenvalue weighted by Crippen LogP contribution is -2.09. The minimum Gasteiger partial charge on any atom is -0.489 e. The Morgan fingerprint density at radius 3 is 2.57 bits per heavy atom. The van der Waals surface area contributed by atoms with Crippen LogP contribution < -0.4 is 4.74 Å². The maximum Gasteiger partial charge on any atom is 0.303 e. The second kappa shape index (κ2) is 6.86. The monoisotopic (exact) mass is 310 g/mol. The molecule has 0 radical (unpaired) electrons. The molecule has 3 heteroatoms. The molecule has 1 atom stereocenters. The molecule has 1 unspecified atom stereocenters. The van der Waals surface area contributed by atoms with E-state index in [9.17, 15) is 4.79 Å². The number of hydrogen-bond acceptors (Lipinski definition) is 2. The van der Waals surface area contributed by atoms with Gasteiger partial charge in [0.25, 0.3) is 0 Å². The van der Waals surface area contributed by atoms with E-state index < -0.39 is 5.97 Å². The SMILES string of the molecule is Cc1cc(C(CC(=O)O)C2CC2)ccc1OCc1ccccc1. The third-order valence-electron chi connectivity index (χ3n) is 4.45. The average Bonchev–Trinajstić information content (AvgIpc) is 3.37. The molecule has 120 valence electrons. The van der Waals surface area contributed by atoms with Crippen LogP contribution in [0.15, 0.2) is 48.5 Å². The number of carboxylic acid groups (broad SMARTS) is 1. The first kappa shape index (κ1) is 15.6. The number of hydrogen-bond donors (Lipinski definition) is 1. The molecule has 1 aliphatic carbocycles. The van der Waals surface area contributed by atoms with E-state index in [1.807, 2.05) is 49.4 Å². The summed E-state index contributed by atoms with van der Waals surface area (Å²) in [5.74, 6) is 0.808. The summed E-state index contributed by atoms with van der Waals surface area (Å²) in [6, 6.07) is 16.2. The number of benzene rings is 2. The number of aryl methyl sites for hydroxylation is 1. The first-order valence-electron chi connectivity index (χ1n) is 8.12. The largest absolute Gasteiger partial charge is 0.489 e. The van der Waals surface area contributed by atoms with E-state index in [-0.39, 0.29) is 12.3 Å². The molecule has 3 rings (SSSR count). The highest BCUT2D eigenvalue weighted by molar-refractivity contribution is 5.68. The van der Waals surface area contributed by atoms with Gasteiger partial charge < -0.3 is 9.84 Å². The predicted octanol–water partition coefficient (Wildman–Crippen LogP) is 4.54. The van der Waals surface area contributed by atoms with Gasteiger partial charge in [0.15, 0.2) is 0 Å². The Balaban J connectivity index is 1.71. The van der Waals surface area contributed by atoms with Crippen LogP contribution >= 0.6 is 0 Å². The zero-order chi connectivity index (χ0) is 16.2. The molecular weight excluding hydrogens is 288 g/mol. The van der Waals surface area contributed by atoms with Crippen LogP contribution in [0.25, 0.3) is 0 Å². The molecule has 0 heterocycles. The van der Waals surface area contributed by atoms with Crippen LogP contribution in [0.1, 0.15) is 41.9 Å². The van der Waals surface area contributed by atoms with E-state index in [2.05, 4.69) is 6.07 Å². The molecule has 1 fully saturated rings. The summed E-state index contributed by atoms with van der Waals surface area (Å²) in [5.41, 5.74) is 3.33. The van der Waals surface area contributed by atoms with E-state index in [0.717, 1.165) is 35.3 Å². The van der Waals surface area contributed by atoms with E-state index in [0.29, 0.717) is 12.5 Å². The summed E-state index contributed by atoms with van der Waals surface area (Å²) in [5, 5.41) is 9.13. The van der Waals surface area contributed by atoms with Gasteiger partial charge in [0.2, 0.25) is 0 Å². The van der Waals surface area contributed by atoms with E-state index in [1.54, 1.807) is 0 Å². The standard InChI is InChI=1S/C20H22O3/c1-14-11-17(18(12-20(21)22)16-7-8-16)9-10-19(14)23-13-15-5-3-2-4-6-15/h2-6,9-11,16,18H,7-8,12-13H2,1H3,(H,21,22). The van der Waals surface area contributed by atoms with E-state index in [4.69, 9.17) is 9.84 Å². The Bertz CT molecular complexity index is 675. The van der Waals surface area contributed by atoms with Gasteiger partial charge in [-0.1, -0.05) is 42.5 Å². The quantitative estimate of drug-likeness (QED) is 0.816. The van der Waals surface area contributed by atoms with Crippen LogP contribution in [0, 0.1) is 12.8 Å². The molecule has 2 aromatic carbocycles. The summed E-state index contributed by atoms with van der Waals surface area (Å²) in [6.45, 7) is 2.57. The fraction of sp³-hybridized carbons (Fsp3) is 0.350. The van der Waals surface area contributed by atoms with Gasteiger partial charge in [-0.15, -0.1) is 0 Å². The van der Waals surface area contributed by atoms with Crippen LogP contribution in [0.2, 0.25) is 0 Å². The Kier molecular flexibility index (Phi) is 4.65. The van der Waals surface area contributed by atoms with Crippen LogP contribution in [-0.4, -0.2) is 11.1 Å². The number of ether oxygens (including phenoxy) is 1. The molecule has 1 N–H and O–H groups in total. The van der Waals surface area contributed by atoms with Crippen molar-refractivity contribution in [1.82, 2.24) is 0 Å². The van der Waals surface area contributed by atoms with E-state index >= 15 is 0 Å². The minimum atomic E-state index is -0.719. The fourth-order valence-corrected chi connectivity index (χ4v) is 3.04. The first-order valence-corrected chi connectivity index (χ1v) is 8.12. The highest BCUT2D eigenvalue weighted by atomic mass is 16.5. The van der Waals surface area contributed by atoms with Gasteiger partial charge in [0, 0.05) is 0 Å². The molecule has 2 aromatic rings. The molecule has 3 nitrogen and oxygen atoms in total. The van der Waals surface area contributed by atoms with Crippen molar-refractivity contribution in [1.29, 1.82) is 0 Å². The predicted molar refractivity (Wildman–Crippen MR) is 89.7 cm³/mol.